The van der Waals surface area contributed by atoms with Crippen LogP contribution in [0.5, 0.6) is 17.2 Å². The van der Waals surface area contributed by atoms with Gasteiger partial charge in [-0.2, -0.15) is 0 Å². The fraction of sp³-hybridized carbons (Fsp3) is 0.344. The van der Waals surface area contributed by atoms with E-state index in [2.05, 4.69) is 0 Å². The van der Waals surface area contributed by atoms with Crippen LogP contribution in [0.2, 0.25) is 0 Å². The number of hydrogen-bond donors (Lipinski definition) is 0. The van der Waals surface area contributed by atoms with Crippen molar-refractivity contribution < 1.29 is 42.8 Å². The maximum absolute atomic E-state index is 12.5. The topological polar surface area (TPSA) is 107 Å². The Hall–Kier alpha value is -4.21. The van der Waals surface area contributed by atoms with E-state index in [1.54, 1.807) is 48.5 Å². The second-order valence-electron chi connectivity index (χ2n) is 9.11. The lowest BCUT2D eigenvalue weighted by Gasteiger charge is -2.10. The Labute approximate surface area is 240 Å². The van der Waals surface area contributed by atoms with E-state index in [9.17, 15) is 14.4 Å². The van der Waals surface area contributed by atoms with Gasteiger partial charge in [-0.05, 0) is 66.1 Å². The van der Waals surface area contributed by atoms with Crippen molar-refractivity contribution in [1.82, 2.24) is 0 Å². The summed E-state index contributed by atoms with van der Waals surface area (Å²) >= 11 is 0. The molecule has 0 amide bonds. The second kappa shape index (κ2) is 16.8. The van der Waals surface area contributed by atoms with E-state index < -0.39 is 5.97 Å². The summed E-state index contributed by atoms with van der Waals surface area (Å²) in [5.74, 6) is 0.354. The number of ether oxygens (including phenoxy) is 6. The van der Waals surface area contributed by atoms with E-state index >= 15 is 0 Å². The van der Waals surface area contributed by atoms with Crippen LogP contribution in [0.3, 0.4) is 0 Å². The lowest BCUT2D eigenvalue weighted by molar-refractivity contribution is -0.149. The molecule has 1 atom stereocenters. The molecule has 3 aromatic carbocycles. The predicted molar refractivity (Wildman–Crippen MR) is 152 cm³/mol. The van der Waals surface area contributed by atoms with Crippen LogP contribution < -0.4 is 14.2 Å². The Bertz CT molecular complexity index is 1240. The monoisotopic (exact) mass is 564 g/mol. The van der Waals surface area contributed by atoms with Gasteiger partial charge in [0.25, 0.3) is 0 Å². The Morgan fingerprint density at radius 1 is 0.634 bits per heavy atom. The van der Waals surface area contributed by atoms with Crippen LogP contribution in [0.1, 0.15) is 37.6 Å². The van der Waals surface area contributed by atoms with Gasteiger partial charge in [0.1, 0.15) is 30.5 Å². The number of hydrogen-bond acceptors (Lipinski definition) is 9. The summed E-state index contributed by atoms with van der Waals surface area (Å²) in [5, 5.41) is 0. The molecule has 218 valence electrons. The fourth-order valence-corrected chi connectivity index (χ4v) is 3.50. The van der Waals surface area contributed by atoms with Gasteiger partial charge >= 0.3 is 17.9 Å². The fourth-order valence-electron chi connectivity index (χ4n) is 3.50. The quantitative estimate of drug-likeness (QED) is 0.127. The molecule has 3 aromatic rings. The third-order valence-electron chi connectivity index (χ3n) is 5.96. The van der Waals surface area contributed by atoms with E-state index in [0.717, 1.165) is 17.5 Å². The molecule has 0 bridgehead atoms. The van der Waals surface area contributed by atoms with Crippen molar-refractivity contribution in [2.24, 2.45) is 5.92 Å². The minimum Gasteiger partial charge on any atom is -0.491 e. The maximum atomic E-state index is 12.5. The number of esters is 3. The average molecular weight is 565 g/mol. The van der Waals surface area contributed by atoms with Gasteiger partial charge in [0.05, 0.1) is 37.9 Å². The molecule has 0 saturated carbocycles. The molecule has 0 radical (unpaired) electrons. The minimum absolute atomic E-state index is 0.0967. The van der Waals surface area contributed by atoms with E-state index in [1.807, 2.05) is 38.1 Å². The van der Waals surface area contributed by atoms with Crippen LogP contribution in [-0.4, -0.2) is 57.5 Å². The van der Waals surface area contributed by atoms with Gasteiger partial charge in [0, 0.05) is 6.92 Å². The molecule has 0 aliphatic rings. The van der Waals surface area contributed by atoms with Crippen molar-refractivity contribution in [3.8, 4) is 28.4 Å². The number of benzene rings is 3. The third-order valence-corrected chi connectivity index (χ3v) is 5.96. The third kappa shape index (κ3) is 11.1. The lowest BCUT2D eigenvalue weighted by atomic mass is 10.1. The summed E-state index contributed by atoms with van der Waals surface area (Å²) in [6, 6.07) is 21.0. The molecule has 1 unspecified atom stereocenters. The van der Waals surface area contributed by atoms with Gasteiger partial charge < -0.3 is 28.4 Å². The first-order valence-electron chi connectivity index (χ1n) is 13.5. The average Bonchev–Trinajstić information content (AvgIpc) is 2.98. The zero-order chi connectivity index (χ0) is 29.5. The molecule has 0 heterocycles. The highest BCUT2D eigenvalue weighted by atomic mass is 16.6. The van der Waals surface area contributed by atoms with Crippen LogP contribution in [0, 0.1) is 5.92 Å². The molecule has 3 rings (SSSR count). The highest BCUT2D eigenvalue weighted by Crippen LogP contribution is 2.25. The molecular formula is C32H36O9. The van der Waals surface area contributed by atoms with Gasteiger partial charge in [0.15, 0.2) is 0 Å². The Morgan fingerprint density at radius 2 is 1.12 bits per heavy atom. The highest BCUT2D eigenvalue weighted by Gasteiger charge is 2.11. The summed E-state index contributed by atoms with van der Waals surface area (Å²) in [6.07, 6.45) is 0.752. The van der Waals surface area contributed by atoms with Crippen molar-refractivity contribution in [3.63, 3.8) is 0 Å². The van der Waals surface area contributed by atoms with Gasteiger partial charge in [0.2, 0.25) is 0 Å². The number of carbonyl (C=O) groups excluding carboxylic acids is 3. The molecule has 0 aliphatic heterocycles. The largest absolute Gasteiger partial charge is 0.491 e. The molecule has 9 heteroatoms. The van der Waals surface area contributed by atoms with Gasteiger partial charge in [-0.15, -0.1) is 0 Å². The Balaban J connectivity index is 1.31. The zero-order valence-electron chi connectivity index (χ0n) is 23.6. The molecule has 0 spiro atoms. The van der Waals surface area contributed by atoms with Crippen molar-refractivity contribution in [2.75, 3.05) is 39.6 Å². The summed E-state index contributed by atoms with van der Waals surface area (Å²) in [4.78, 5) is 35.2. The van der Waals surface area contributed by atoms with Crippen molar-refractivity contribution in [2.45, 2.75) is 27.2 Å². The molecule has 9 nitrogen and oxygen atoms in total. The smallest absolute Gasteiger partial charge is 0.343 e. The first-order chi connectivity index (χ1) is 19.9. The molecule has 41 heavy (non-hydrogen) atoms. The summed E-state index contributed by atoms with van der Waals surface area (Å²) < 4.78 is 32.1. The van der Waals surface area contributed by atoms with Gasteiger partial charge in [-0.25, -0.2) is 4.79 Å². The van der Waals surface area contributed by atoms with E-state index in [4.69, 9.17) is 28.4 Å². The van der Waals surface area contributed by atoms with E-state index in [1.165, 1.54) is 6.92 Å². The first-order valence-corrected chi connectivity index (χ1v) is 13.5. The summed E-state index contributed by atoms with van der Waals surface area (Å²) in [7, 11) is 0. The molecule has 0 N–H and O–H groups in total. The van der Waals surface area contributed by atoms with Crippen LogP contribution in [0.4, 0.5) is 0 Å². The normalized spacial score (nSPS) is 11.4. The summed E-state index contributed by atoms with van der Waals surface area (Å²) in [6.45, 7) is 7.21. The van der Waals surface area contributed by atoms with Crippen LogP contribution >= 0.6 is 0 Å². The molecular weight excluding hydrogens is 528 g/mol. The number of carbonyl (C=O) groups is 3. The molecule has 0 saturated heterocycles. The van der Waals surface area contributed by atoms with Crippen LogP contribution in [0.25, 0.3) is 11.1 Å². The molecule has 0 aliphatic carbocycles. The standard InChI is InChI=1S/C32H36O9/c1-4-23(2)31(34)39-22-20-37-18-17-36-19-21-38-28-11-9-27(10-12-28)32(35)41-30-15-7-26(8-16-30)25-5-13-29(14-6-25)40-24(3)33/h5-16,23H,4,17-22H2,1-3H3. The zero-order valence-corrected chi connectivity index (χ0v) is 23.6. The highest BCUT2D eigenvalue weighted by molar-refractivity contribution is 5.91. The van der Waals surface area contributed by atoms with Crippen molar-refractivity contribution >= 4 is 17.9 Å². The van der Waals surface area contributed by atoms with E-state index in [0.29, 0.717) is 55.8 Å². The maximum Gasteiger partial charge on any atom is 0.343 e. The predicted octanol–water partition coefficient (Wildman–Crippen LogP) is 5.50. The van der Waals surface area contributed by atoms with E-state index in [-0.39, 0.29) is 24.5 Å². The van der Waals surface area contributed by atoms with Gasteiger partial charge in [-0.3, -0.25) is 9.59 Å². The Morgan fingerprint density at radius 3 is 1.66 bits per heavy atom. The van der Waals surface area contributed by atoms with Crippen molar-refractivity contribution in [3.05, 3.63) is 78.4 Å². The molecule has 0 aromatic heterocycles. The first kappa shape index (κ1) is 31.3. The second-order valence-corrected chi connectivity index (χ2v) is 9.11. The minimum atomic E-state index is -0.479. The van der Waals surface area contributed by atoms with Gasteiger partial charge in [-0.1, -0.05) is 38.1 Å². The number of rotatable bonds is 16. The van der Waals surface area contributed by atoms with Crippen LogP contribution in [-0.2, 0) is 23.8 Å². The Kier molecular flexibility index (Phi) is 12.8. The molecule has 0 fully saturated rings. The van der Waals surface area contributed by atoms with Crippen molar-refractivity contribution in [1.29, 1.82) is 0 Å². The summed E-state index contributed by atoms with van der Waals surface area (Å²) in [5.41, 5.74) is 2.26. The lowest BCUT2D eigenvalue weighted by Crippen LogP contribution is -2.18. The van der Waals surface area contributed by atoms with Crippen LogP contribution in [0.15, 0.2) is 72.8 Å². The SMILES string of the molecule is CCC(C)C(=O)OCCOCCOCCOc1ccc(C(=O)Oc2ccc(-c3ccc(OC(C)=O)cc3)cc2)cc1.